The summed E-state index contributed by atoms with van der Waals surface area (Å²) in [4.78, 5) is 11.0. The fourth-order valence-electron chi connectivity index (χ4n) is 3.00. The van der Waals surface area contributed by atoms with Crippen LogP contribution in [-0.2, 0) is 13.2 Å². The Morgan fingerprint density at radius 1 is 1.19 bits per heavy atom. The van der Waals surface area contributed by atoms with Crippen LogP contribution in [-0.4, -0.2) is 33.1 Å². The third kappa shape index (κ3) is 3.65. The van der Waals surface area contributed by atoms with Crippen molar-refractivity contribution >= 4 is 0 Å². The highest BCUT2D eigenvalue weighted by molar-refractivity contribution is 5.15. The predicted octanol–water partition coefficient (Wildman–Crippen LogP) is 2.35. The van der Waals surface area contributed by atoms with Gasteiger partial charge in [-0.05, 0) is 31.0 Å². The van der Waals surface area contributed by atoms with E-state index < -0.39 is 0 Å². The highest BCUT2D eigenvalue weighted by Gasteiger charge is 2.22. The Kier molecular flexibility index (Phi) is 4.58. The highest BCUT2D eigenvalue weighted by atomic mass is 16.3. The van der Waals surface area contributed by atoms with Crippen LogP contribution in [0, 0.1) is 0 Å². The first kappa shape index (κ1) is 14.2. The zero-order valence-corrected chi connectivity index (χ0v) is 12.2. The Hall–Kier alpha value is -1.78. The van der Waals surface area contributed by atoms with E-state index in [2.05, 4.69) is 45.2 Å². The molecule has 21 heavy (non-hydrogen) atoms. The van der Waals surface area contributed by atoms with Gasteiger partial charge in [0.1, 0.15) is 6.61 Å². The van der Waals surface area contributed by atoms with Crippen molar-refractivity contribution < 1.29 is 5.11 Å². The average Bonchev–Trinajstić information content (AvgIpc) is 2.56. The second-order valence-electron chi connectivity index (χ2n) is 5.62. The molecule has 1 aromatic heterocycles. The quantitative estimate of drug-likeness (QED) is 0.935. The third-order valence-electron chi connectivity index (χ3n) is 4.04. The number of hydrogen-bond donors (Lipinski definition) is 1. The van der Waals surface area contributed by atoms with E-state index >= 15 is 0 Å². The number of nitrogens with zero attached hydrogens (tertiary/aromatic N) is 3. The van der Waals surface area contributed by atoms with E-state index in [0.717, 1.165) is 31.7 Å². The Labute approximate surface area is 125 Å². The molecule has 0 amide bonds. The van der Waals surface area contributed by atoms with Gasteiger partial charge in [-0.15, -0.1) is 0 Å². The summed E-state index contributed by atoms with van der Waals surface area (Å²) in [7, 11) is 0. The predicted molar refractivity (Wildman–Crippen MR) is 81.6 cm³/mol. The minimum atomic E-state index is -0.0890. The van der Waals surface area contributed by atoms with Crippen LogP contribution in [0.5, 0.6) is 0 Å². The van der Waals surface area contributed by atoms with Gasteiger partial charge in [-0.25, -0.2) is 9.97 Å². The summed E-state index contributed by atoms with van der Waals surface area (Å²) in [5.74, 6) is 0.962. The van der Waals surface area contributed by atoms with Crippen LogP contribution in [0.3, 0.4) is 0 Å². The second kappa shape index (κ2) is 6.78. The summed E-state index contributed by atoms with van der Waals surface area (Å²) in [6, 6.07) is 12.6. The van der Waals surface area contributed by atoms with Gasteiger partial charge in [0.05, 0.1) is 0 Å². The van der Waals surface area contributed by atoms with Crippen LogP contribution in [0.15, 0.2) is 42.6 Å². The maximum atomic E-state index is 9.17. The molecule has 1 aromatic carbocycles. The van der Waals surface area contributed by atoms with Gasteiger partial charge in [0.25, 0.3) is 0 Å². The molecule has 0 saturated carbocycles. The number of rotatable bonds is 4. The Morgan fingerprint density at radius 2 is 2.05 bits per heavy atom. The number of benzene rings is 1. The Morgan fingerprint density at radius 3 is 2.86 bits per heavy atom. The molecule has 2 aromatic rings. The van der Waals surface area contributed by atoms with Crippen molar-refractivity contribution in [2.75, 3.05) is 13.1 Å². The molecule has 1 aliphatic rings. The van der Waals surface area contributed by atoms with Crippen LogP contribution in [0.4, 0.5) is 0 Å². The zero-order chi connectivity index (χ0) is 14.5. The summed E-state index contributed by atoms with van der Waals surface area (Å²) >= 11 is 0. The summed E-state index contributed by atoms with van der Waals surface area (Å²) in [6.07, 6.45) is 4.10. The van der Waals surface area contributed by atoms with Crippen molar-refractivity contribution in [3.05, 3.63) is 59.7 Å². The molecule has 4 nitrogen and oxygen atoms in total. The third-order valence-corrected chi connectivity index (χ3v) is 4.04. The molecule has 1 aliphatic heterocycles. The maximum Gasteiger partial charge on any atom is 0.153 e. The minimum Gasteiger partial charge on any atom is -0.388 e. The first-order valence-corrected chi connectivity index (χ1v) is 7.54. The lowest BCUT2D eigenvalue weighted by Gasteiger charge is -2.32. The van der Waals surface area contributed by atoms with Crippen molar-refractivity contribution in [1.82, 2.24) is 14.9 Å². The number of likely N-dealkylation sites (tertiary alicyclic amines) is 1. The van der Waals surface area contributed by atoms with E-state index in [1.54, 1.807) is 6.20 Å². The molecule has 3 rings (SSSR count). The molecule has 0 aliphatic carbocycles. The fraction of sp³-hybridized carbons (Fsp3) is 0.412. The second-order valence-corrected chi connectivity index (χ2v) is 5.62. The molecule has 1 saturated heterocycles. The Bertz CT molecular complexity index is 573. The standard InChI is InChI=1S/C17H21N3O/c21-13-17-18-9-8-16(19-17)15-7-4-10-20(12-15)11-14-5-2-1-3-6-14/h1-3,5-6,8-9,15,21H,4,7,10-13H2. The van der Waals surface area contributed by atoms with Gasteiger partial charge >= 0.3 is 0 Å². The van der Waals surface area contributed by atoms with Crippen LogP contribution in [0.1, 0.15) is 35.8 Å². The van der Waals surface area contributed by atoms with Crippen molar-refractivity contribution in [2.24, 2.45) is 0 Å². The molecule has 0 spiro atoms. The number of piperidine rings is 1. The Balaban J connectivity index is 1.67. The first-order valence-electron chi connectivity index (χ1n) is 7.54. The molecule has 1 N–H and O–H groups in total. The molecular weight excluding hydrogens is 262 g/mol. The smallest absolute Gasteiger partial charge is 0.153 e. The fourth-order valence-corrected chi connectivity index (χ4v) is 3.00. The van der Waals surface area contributed by atoms with Gasteiger partial charge in [0, 0.05) is 30.9 Å². The van der Waals surface area contributed by atoms with Crippen molar-refractivity contribution in [3.8, 4) is 0 Å². The highest BCUT2D eigenvalue weighted by Crippen LogP contribution is 2.26. The molecular formula is C17H21N3O. The SMILES string of the molecule is OCc1nccc(C2CCCN(Cc3ccccc3)C2)n1. The molecule has 4 heteroatoms. The molecule has 2 heterocycles. The van der Waals surface area contributed by atoms with E-state index in [4.69, 9.17) is 0 Å². The molecule has 1 unspecified atom stereocenters. The van der Waals surface area contributed by atoms with Crippen LogP contribution >= 0.6 is 0 Å². The van der Waals surface area contributed by atoms with E-state index in [9.17, 15) is 5.11 Å². The molecule has 110 valence electrons. The first-order chi connectivity index (χ1) is 10.3. The summed E-state index contributed by atoms with van der Waals surface area (Å²) in [5, 5.41) is 9.17. The van der Waals surface area contributed by atoms with Crippen LogP contribution in [0.2, 0.25) is 0 Å². The zero-order valence-electron chi connectivity index (χ0n) is 12.2. The lowest BCUT2D eigenvalue weighted by molar-refractivity contribution is 0.197. The number of hydrogen-bond acceptors (Lipinski definition) is 4. The number of aliphatic hydroxyl groups is 1. The monoisotopic (exact) mass is 283 g/mol. The molecule has 0 radical (unpaired) electrons. The van der Waals surface area contributed by atoms with Crippen molar-refractivity contribution in [3.63, 3.8) is 0 Å². The molecule has 1 fully saturated rings. The van der Waals surface area contributed by atoms with Gasteiger partial charge in [-0.2, -0.15) is 0 Å². The number of aliphatic hydroxyl groups excluding tert-OH is 1. The topological polar surface area (TPSA) is 49.3 Å². The van der Waals surface area contributed by atoms with E-state index in [1.165, 1.54) is 12.0 Å². The lowest BCUT2D eigenvalue weighted by atomic mass is 9.94. The van der Waals surface area contributed by atoms with Crippen molar-refractivity contribution in [2.45, 2.75) is 31.9 Å². The lowest BCUT2D eigenvalue weighted by Crippen LogP contribution is -2.34. The van der Waals surface area contributed by atoms with Gasteiger partial charge in [-0.3, -0.25) is 4.90 Å². The summed E-state index contributed by atoms with van der Waals surface area (Å²) < 4.78 is 0. The van der Waals surface area contributed by atoms with Gasteiger partial charge in [0.2, 0.25) is 0 Å². The average molecular weight is 283 g/mol. The minimum absolute atomic E-state index is 0.0890. The van der Waals surface area contributed by atoms with E-state index in [0.29, 0.717) is 11.7 Å². The van der Waals surface area contributed by atoms with Crippen LogP contribution in [0.25, 0.3) is 0 Å². The van der Waals surface area contributed by atoms with E-state index in [-0.39, 0.29) is 6.61 Å². The molecule has 1 atom stereocenters. The largest absolute Gasteiger partial charge is 0.388 e. The summed E-state index contributed by atoms with van der Waals surface area (Å²) in [6.45, 7) is 3.07. The van der Waals surface area contributed by atoms with Gasteiger partial charge < -0.3 is 5.11 Å². The van der Waals surface area contributed by atoms with Crippen LogP contribution < -0.4 is 0 Å². The van der Waals surface area contributed by atoms with Gasteiger partial charge in [-0.1, -0.05) is 30.3 Å². The maximum absolute atomic E-state index is 9.17. The molecule has 0 bridgehead atoms. The van der Waals surface area contributed by atoms with Crippen molar-refractivity contribution in [1.29, 1.82) is 0 Å². The normalized spacial score (nSPS) is 19.6. The number of aromatic nitrogens is 2. The van der Waals surface area contributed by atoms with E-state index in [1.807, 2.05) is 6.07 Å². The summed E-state index contributed by atoms with van der Waals surface area (Å²) in [5.41, 5.74) is 2.42. The van der Waals surface area contributed by atoms with Gasteiger partial charge in [0.15, 0.2) is 5.82 Å².